The van der Waals surface area contributed by atoms with E-state index in [2.05, 4.69) is 24.3 Å². The minimum Gasteiger partial charge on any atom is -0.340 e. The molecule has 0 aliphatic heterocycles. The van der Waals surface area contributed by atoms with Gasteiger partial charge in [0.05, 0.1) is 12.2 Å². The fraction of sp³-hybridized carbons (Fsp3) is 0.400. The molecule has 1 aromatic heterocycles. The summed E-state index contributed by atoms with van der Waals surface area (Å²) in [5.74, 6) is -0.433. The third-order valence-electron chi connectivity index (χ3n) is 4.06. The van der Waals surface area contributed by atoms with Crippen LogP contribution in [0.3, 0.4) is 0 Å². The average molecular weight is 277 g/mol. The highest BCUT2D eigenvalue weighted by molar-refractivity contribution is 5.56. The van der Waals surface area contributed by atoms with Crippen molar-refractivity contribution in [2.75, 3.05) is 5.32 Å². The molecule has 0 amide bonds. The number of nitrogens with one attached hydrogen (secondary N) is 1. The molecule has 1 aromatic carbocycles. The fourth-order valence-electron chi connectivity index (χ4n) is 2.74. The van der Waals surface area contributed by atoms with Gasteiger partial charge in [0.1, 0.15) is 17.5 Å². The number of hydrogen-bond acceptors (Lipinski definition) is 2. The number of anilines is 2. The van der Waals surface area contributed by atoms with Gasteiger partial charge in [-0.25, -0.2) is 13.5 Å². The summed E-state index contributed by atoms with van der Waals surface area (Å²) < 4.78 is 28.3. The van der Waals surface area contributed by atoms with Crippen molar-refractivity contribution in [3.05, 3.63) is 42.1 Å². The van der Waals surface area contributed by atoms with Crippen LogP contribution < -0.4 is 5.32 Å². The Morgan fingerprint density at radius 3 is 2.50 bits per heavy atom. The molecule has 5 heteroatoms. The number of aromatic nitrogens is 2. The fourth-order valence-corrected chi connectivity index (χ4v) is 2.74. The monoisotopic (exact) mass is 277 g/mol. The predicted octanol–water partition coefficient (Wildman–Crippen LogP) is 4.27. The summed E-state index contributed by atoms with van der Waals surface area (Å²) in [6.45, 7) is 4.41. The second-order valence-electron chi connectivity index (χ2n) is 5.99. The quantitative estimate of drug-likeness (QED) is 0.908. The van der Waals surface area contributed by atoms with Crippen LogP contribution in [0.4, 0.5) is 20.3 Å². The van der Waals surface area contributed by atoms with E-state index in [4.69, 9.17) is 0 Å². The lowest BCUT2D eigenvalue weighted by Crippen LogP contribution is -2.37. The van der Waals surface area contributed by atoms with Gasteiger partial charge in [-0.2, -0.15) is 5.10 Å². The zero-order valence-electron chi connectivity index (χ0n) is 11.5. The van der Waals surface area contributed by atoms with Crippen LogP contribution in [0.25, 0.3) is 0 Å². The molecule has 1 saturated carbocycles. The van der Waals surface area contributed by atoms with Crippen LogP contribution in [0.2, 0.25) is 0 Å². The van der Waals surface area contributed by atoms with E-state index in [9.17, 15) is 8.78 Å². The van der Waals surface area contributed by atoms with Gasteiger partial charge in [0, 0.05) is 17.8 Å². The van der Waals surface area contributed by atoms with Crippen molar-refractivity contribution in [1.29, 1.82) is 0 Å². The van der Waals surface area contributed by atoms with Gasteiger partial charge in [-0.05, 0) is 30.4 Å². The summed E-state index contributed by atoms with van der Waals surface area (Å²) in [5.41, 5.74) is 0.594. The van der Waals surface area contributed by atoms with Gasteiger partial charge in [-0.15, -0.1) is 0 Å². The van der Waals surface area contributed by atoms with Crippen LogP contribution in [0.15, 0.2) is 30.5 Å². The van der Waals surface area contributed by atoms with Crippen LogP contribution in [-0.4, -0.2) is 9.78 Å². The standard InChI is InChI=1S/C15H17F2N3/c1-15(2)5-3-13(15)20-14(4-6-18-20)19-12-8-10(16)7-11(17)9-12/h4,6-9,13,19H,3,5H2,1-2H3. The van der Waals surface area contributed by atoms with E-state index < -0.39 is 11.6 Å². The van der Waals surface area contributed by atoms with Gasteiger partial charge in [0.15, 0.2) is 0 Å². The lowest BCUT2D eigenvalue weighted by Gasteiger charge is -2.44. The minimum absolute atomic E-state index is 0.204. The molecule has 1 aliphatic rings. The first-order valence-electron chi connectivity index (χ1n) is 6.72. The zero-order valence-corrected chi connectivity index (χ0v) is 11.5. The summed E-state index contributed by atoms with van der Waals surface area (Å²) in [6, 6.07) is 5.53. The molecule has 2 aromatic rings. The smallest absolute Gasteiger partial charge is 0.128 e. The SMILES string of the molecule is CC1(C)CCC1n1nccc1Nc1cc(F)cc(F)c1. The minimum atomic E-state index is -0.595. The first-order chi connectivity index (χ1) is 9.45. The molecule has 0 radical (unpaired) electrons. The Morgan fingerprint density at radius 2 is 1.95 bits per heavy atom. The first kappa shape index (κ1) is 13.1. The van der Waals surface area contributed by atoms with Crippen molar-refractivity contribution in [3.8, 4) is 0 Å². The van der Waals surface area contributed by atoms with E-state index in [1.807, 2.05) is 10.7 Å². The second kappa shape index (κ2) is 4.58. The van der Waals surface area contributed by atoms with E-state index in [0.29, 0.717) is 11.7 Å². The van der Waals surface area contributed by atoms with Gasteiger partial charge >= 0.3 is 0 Å². The van der Waals surface area contributed by atoms with Gasteiger partial charge in [0.25, 0.3) is 0 Å². The molecule has 1 atom stereocenters. The van der Waals surface area contributed by atoms with Crippen LogP contribution in [0.1, 0.15) is 32.7 Å². The van der Waals surface area contributed by atoms with Gasteiger partial charge in [-0.1, -0.05) is 13.8 Å². The van der Waals surface area contributed by atoms with E-state index in [1.54, 1.807) is 6.20 Å². The van der Waals surface area contributed by atoms with E-state index in [0.717, 1.165) is 24.7 Å². The molecular weight excluding hydrogens is 260 g/mol. The number of benzene rings is 1. The Balaban J connectivity index is 1.87. The molecule has 1 aliphatic carbocycles. The number of halogens is 2. The van der Waals surface area contributed by atoms with Crippen molar-refractivity contribution in [2.24, 2.45) is 5.41 Å². The zero-order chi connectivity index (χ0) is 14.3. The van der Waals surface area contributed by atoms with Crippen LogP contribution in [-0.2, 0) is 0 Å². The predicted molar refractivity (Wildman–Crippen MR) is 73.9 cm³/mol. The van der Waals surface area contributed by atoms with Crippen molar-refractivity contribution in [2.45, 2.75) is 32.7 Å². The number of nitrogens with zero attached hydrogens (tertiary/aromatic N) is 2. The summed E-state index contributed by atoms with van der Waals surface area (Å²) in [6.07, 6.45) is 3.93. The summed E-state index contributed by atoms with van der Waals surface area (Å²) in [7, 11) is 0. The maximum atomic E-state index is 13.2. The summed E-state index contributed by atoms with van der Waals surface area (Å²) >= 11 is 0. The van der Waals surface area contributed by atoms with E-state index in [-0.39, 0.29) is 5.41 Å². The Bertz CT molecular complexity index is 614. The molecule has 0 bridgehead atoms. The molecule has 1 N–H and O–H groups in total. The van der Waals surface area contributed by atoms with Crippen LogP contribution >= 0.6 is 0 Å². The number of rotatable bonds is 3. The molecule has 106 valence electrons. The van der Waals surface area contributed by atoms with Gasteiger partial charge in [0.2, 0.25) is 0 Å². The van der Waals surface area contributed by atoms with Crippen molar-refractivity contribution in [3.63, 3.8) is 0 Å². The normalized spacial score (nSPS) is 20.5. The molecule has 0 saturated heterocycles. The van der Waals surface area contributed by atoms with Crippen LogP contribution in [0.5, 0.6) is 0 Å². The maximum absolute atomic E-state index is 13.2. The molecule has 3 nitrogen and oxygen atoms in total. The molecule has 1 unspecified atom stereocenters. The summed E-state index contributed by atoms with van der Waals surface area (Å²) in [5, 5.41) is 7.38. The Labute approximate surface area is 116 Å². The Hall–Kier alpha value is -1.91. The Morgan fingerprint density at radius 1 is 1.25 bits per heavy atom. The molecule has 20 heavy (non-hydrogen) atoms. The lowest BCUT2D eigenvalue weighted by molar-refractivity contribution is 0.0734. The van der Waals surface area contributed by atoms with E-state index >= 15 is 0 Å². The molecule has 3 rings (SSSR count). The lowest BCUT2D eigenvalue weighted by atomic mass is 9.67. The highest BCUT2D eigenvalue weighted by Gasteiger charge is 2.41. The molecule has 1 heterocycles. The maximum Gasteiger partial charge on any atom is 0.128 e. The highest BCUT2D eigenvalue weighted by Crippen LogP contribution is 2.50. The second-order valence-corrected chi connectivity index (χ2v) is 5.99. The Kier molecular flexibility index (Phi) is 3.00. The molecule has 1 fully saturated rings. The topological polar surface area (TPSA) is 29.9 Å². The van der Waals surface area contributed by atoms with Crippen LogP contribution in [0, 0.1) is 17.0 Å². The van der Waals surface area contributed by atoms with Gasteiger partial charge < -0.3 is 5.32 Å². The largest absolute Gasteiger partial charge is 0.340 e. The number of hydrogen-bond donors (Lipinski definition) is 1. The van der Waals surface area contributed by atoms with Crippen molar-refractivity contribution < 1.29 is 8.78 Å². The molecular formula is C15H17F2N3. The van der Waals surface area contributed by atoms with Gasteiger partial charge in [-0.3, -0.25) is 0 Å². The molecule has 0 spiro atoms. The first-order valence-corrected chi connectivity index (χ1v) is 6.72. The third kappa shape index (κ3) is 2.28. The summed E-state index contributed by atoms with van der Waals surface area (Å²) in [4.78, 5) is 0. The third-order valence-corrected chi connectivity index (χ3v) is 4.06. The highest BCUT2D eigenvalue weighted by atomic mass is 19.1. The average Bonchev–Trinajstić information content (AvgIpc) is 2.74. The van der Waals surface area contributed by atoms with Crippen molar-refractivity contribution in [1.82, 2.24) is 9.78 Å². The van der Waals surface area contributed by atoms with E-state index in [1.165, 1.54) is 12.1 Å². The van der Waals surface area contributed by atoms with Crippen molar-refractivity contribution >= 4 is 11.5 Å².